The van der Waals surface area contributed by atoms with Gasteiger partial charge in [-0.3, -0.25) is 0 Å². The van der Waals surface area contributed by atoms with E-state index in [-0.39, 0.29) is 11.6 Å². The number of rotatable bonds is 5. The van der Waals surface area contributed by atoms with E-state index in [0.717, 1.165) is 0 Å². The van der Waals surface area contributed by atoms with Crippen molar-refractivity contribution in [2.24, 2.45) is 0 Å². The zero-order chi connectivity index (χ0) is 13.5. The van der Waals surface area contributed by atoms with Crippen molar-refractivity contribution in [1.82, 2.24) is 9.97 Å². The van der Waals surface area contributed by atoms with Crippen LogP contribution in [0.25, 0.3) is 0 Å². The number of hydrogen-bond donors (Lipinski definition) is 2. The zero-order valence-corrected chi connectivity index (χ0v) is 9.91. The van der Waals surface area contributed by atoms with Crippen molar-refractivity contribution in [3.05, 3.63) is 18.1 Å². The summed E-state index contributed by atoms with van der Waals surface area (Å²) in [6.45, 7) is -0.468. The van der Waals surface area contributed by atoms with Crippen molar-refractivity contribution in [3.8, 4) is 0 Å². The predicted molar refractivity (Wildman–Crippen MR) is 59.9 cm³/mol. The molecule has 1 aromatic rings. The molecule has 0 saturated heterocycles. The summed E-state index contributed by atoms with van der Waals surface area (Å²) in [5.74, 6) is -1.29. The van der Waals surface area contributed by atoms with Gasteiger partial charge in [-0.05, 0) is 6.07 Å². The lowest BCUT2D eigenvalue weighted by molar-refractivity contribution is -0.142. The second kappa shape index (κ2) is 6.50. The van der Waals surface area contributed by atoms with Gasteiger partial charge in [0.1, 0.15) is 11.9 Å². The summed E-state index contributed by atoms with van der Waals surface area (Å²) in [6.07, 6.45) is 1.33. The van der Waals surface area contributed by atoms with Gasteiger partial charge < -0.3 is 19.9 Å². The van der Waals surface area contributed by atoms with E-state index >= 15 is 0 Å². The Bertz CT molecular complexity index is 437. The van der Waals surface area contributed by atoms with Gasteiger partial charge in [0.25, 0.3) is 0 Å². The van der Waals surface area contributed by atoms with Gasteiger partial charge in [0.2, 0.25) is 5.82 Å². The van der Waals surface area contributed by atoms with E-state index in [0.29, 0.717) is 0 Å². The van der Waals surface area contributed by atoms with E-state index in [1.807, 2.05) is 0 Å². The number of hydrogen-bond acceptors (Lipinski definition) is 8. The first-order valence-corrected chi connectivity index (χ1v) is 4.99. The minimum atomic E-state index is -0.963. The molecule has 0 bridgehead atoms. The number of nitrogens with one attached hydrogen (secondary N) is 1. The maximum Gasteiger partial charge on any atom is 0.376 e. The number of aliphatic hydroxyl groups excluding tert-OH is 1. The molecular weight excluding hydrogens is 242 g/mol. The molecule has 2 N–H and O–H groups in total. The number of anilines is 1. The van der Waals surface area contributed by atoms with Crippen LogP contribution in [0, 0.1) is 0 Å². The molecule has 0 saturated carbocycles. The number of nitrogens with zero attached hydrogens (tertiary/aromatic N) is 2. The average molecular weight is 255 g/mol. The maximum atomic E-state index is 11.2. The topological polar surface area (TPSA) is 111 Å². The second-order valence-electron chi connectivity index (χ2n) is 3.16. The van der Waals surface area contributed by atoms with Crippen LogP contribution in [0.2, 0.25) is 0 Å². The molecule has 1 unspecified atom stereocenters. The Balaban J connectivity index is 2.84. The minimum absolute atomic E-state index is 0.149. The lowest BCUT2D eigenvalue weighted by Crippen LogP contribution is -2.34. The van der Waals surface area contributed by atoms with Crippen molar-refractivity contribution in [3.63, 3.8) is 0 Å². The number of aromatic nitrogens is 2. The second-order valence-corrected chi connectivity index (χ2v) is 3.16. The van der Waals surface area contributed by atoms with Crippen molar-refractivity contribution in [1.29, 1.82) is 0 Å². The van der Waals surface area contributed by atoms with Crippen molar-refractivity contribution >= 4 is 17.8 Å². The predicted octanol–water partition coefficient (Wildman–Crippen LogP) is -0.791. The molecule has 0 aliphatic heterocycles. The Kier molecular flexibility index (Phi) is 5.00. The number of ether oxygens (including phenoxy) is 2. The smallest absolute Gasteiger partial charge is 0.376 e. The van der Waals surface area contributed by atoms with Crippen LogP contribution in [-0.4, -0.2) is 53.9 Å². The Hall–Kier alpha value is -2.22. The molecule has 0 radical (unpaired) electrons. The molecule has 98 valence electrons. The van der Waals surface area contributed by atoms with E-state index in [9.17, 15) is 9.59 Å². The molecule has 0 aliphatic carbocycles. The van der Waals surface area contributed by atoms with Crippen LogP contribution >= 0.6 is 0 Å². The number of carbonyl (C=O) groups is 2. The molecule has 0 spiro atoms. The summed E-state index contributed by atoms with van der Waals surface area (Å²) in [6, 6.07) is 0.480. The van der Waals surface area contributed by atoms with Crippen LogP contribution in [0.5, 0.6) is 0 Å². The van der Waals surface area contributed by atoms with Crippen molar-refractivity contribution < 1.29 is 24.2 Å². The van der Waals surface area contributed by atoms with Crippen LogP contribution < -0.4 is 5.32 Å². The van der Waals surface area contributed by atoms with Crippen LogP contribution in [0.4, 0.5) is 5.82 Å². The molecule has 0 fully saturated rings. The first kappa shape index (κ1) is 13.8. The molecule has 0 aliphatic rings. The van der Waals surface area contributed by atoms with Crippen LogP contribution in [-0.2, 0) is 14.3 Å². The quantitative estimate of drug-likeness (QED) is 0.658. The van der Waals surface area contributed by atoms with E-state index in [1.54, 1.807) is 0 Å². The summed E-state index contributed by atoms with van der Waals surface area (Å²) < 4.78 is 8.94. The van der Waals surface area contributed by atoms with E-state index in [4.69, 9.17) is 5.11 Å². The van der Waals surface area contributed by atoms with Crippen LogP contribution in [0.1, 0.15) is 10.6 Å². The molecule has 8 heteroatoms. The largest absolute Gasteiger partial charge is 0.467 e. The fourth-order valence-corrected chi connectivity index (χ4v) is 1.13. The first-order valence-electron chi connectivity index (χ1n) is 4.99. The van der Waals surface area contributed by atoms with Gasteiger partial charge in [0, 0.05) is 6.20 Å². The Morgan fingerprint density at radius 3 is 2.72 bits per heavy atom. The lowest BCUT2D eigenvalue weighted by atomic mass is 10.3. The number of carbonyl (C=O) groups excluding carboxylic acids is 2. The number of esters is 2. The summed E-state index contributed by atoms with van der Waals surface area (Å²) in [7, 11) is 2.41. The fraction of sp³-hybridized carbons (Fsp3) is 0.400. The highest BCUT2D eigenvalue weighted by atomic mass is 16.5. The molecule has 0 aromatic carbocycles. The monoisotopic (exact) mass is 255 g/mol. The van der Waals surface area contributed by atoms with Gasteiger partial charge in [-0.15, -0.1) is 0 Å². The van der Waals surface area contributed by atoms with Crippen molar-refractivity contribution in [2.45, 2.75) is 6.04 Å². The molecule has 1 aromatic heterocycles. The number of aliphatic hydroxyl groups is 1. The third-order valence-electron chi connectivity index (χ3n) is 2.01. The molecular formula is C10H13N3O5. The third-order valence-corrected chi connectivity index (χ3v) is 2.01. The Labute approximate surface area is 103 Å². The third kappa shape index (κ3) is 3.39. The summed E-state index contributed by atoms with van der Waals surface area (Å²) in [4.78, 5) is 30.0. The van der Waals surface area contributed by atoms with Gasteiger partial charge in [0.05, 0.1) is 20.8 Å². The first-order chi connectivity index (χ1) is 8.62. The van der Waals surface area contributed by atoms with Crippen molar-refractivity contribution in [2.75, 3.05) is 26.1 Å². The molecule has 1 atom stereocenters. The molecule has 1 heterocycles. The van der Waals surface area contributed by atoms with Gasteiger partial charge >= 0.3 is 11.9 Å². The standard InChI is InChI=1S/C10H13N3O5/c1-17-9(15)6(5-14)12-7-3-4-11-8(13-7)10(16)18-2/h3-4,6,14H,5H2,1-2H3,(H,11,12,13). The highest BCUT2D eigenvalue weighted by molar-refractivity contribution is 5.85. The summed E-state index contributed by atoms with van der Waals surface area (Å²) in [5.41, 5.74) is 0. The van der Waals surface area contributed by atoms with Gasteiger partial charge in [-0.2, -0.15) is 0 Å². The van der Waals surface area contributed by atoms with Gasteiger partial charge in [-0.1, -0.05) is 0 Å². The number of methoxy groups -OCH3 is 2. The van der Waals surface area contributed by atoms with E-state index < -0.39 is 24.6 Å². The minimum Gasteiger partial charge on any atom is -0.467 e. The highest BCUT2D eigenvalue weighted by Crippen LogP contribution is 2.05. The fourth-order valence-electron chi connectivity index (χ4n) is 1.13. The Morgan fingerprint density at radius 2 is 2.17 bits per heavy atom. The normalized spacial score (nSPS) is 11.5. The molecule has 0 amide bonds. The SMILES string of the molecule is COC(=O)c1nccc(NC(CO)C(=O)OC)n1. The van der Waals surface area contributed by atoms with Gasteiger partial charge in [0.15, 0.2) is 0 Å². The molecule has 18 heavy (non-hydrogen) atoms. The van der Waals surface area contributed by atoms with Crippen LogP contribution in [0.3, 0.4) is 0 Å². The average Bonchev–Trinajstić information content (AvgIpc) is 2.43. The lowest BCUT2D eigenvalue weighted by Gasteiger charge is -2.14. The summed E-state index contributed by atoms with van der Waals surface area (Å²) >= 11 is 0. The van der Waals surface area contributed by atoms with Gasteiger partial charge in [-0.25, -0.2) is 19.6 Å². The maximum absolute atomic E-state index is 11.2. The summed E-state index contributed by atoms with van der Waals surface area (Å²) in [5, 5.41) is 11.6. The van der Waals surface area contributed by atoms with E-state index in [2.05, 4.69) is 24.8 Å². The van der Waals surface area contributed by atoms with E-state index in [1.165, 1.54) is 26.5 Å². The highest BCUT2D eigenvalue weighted by Gasteiger charge is 2.19. The molecule has 8 nitrogen and oxygen atoms in total. The Morgan fingerprint density at radius 1 is 1.44 bits per heavy atom. The molecule has 1 rings (SSSR count). The zero-order valence-electron chi connectivity index (χ0n) is 9.91. The van der Waals surface area contributed by atoms with Crippen LogP contribution in [0.15, 0.2) is 12.3 Å².